The number of fused-ring (bicyclic) bond motifs is 1. The molecule has 0 aliphatic rings. The van der Waals surface area contributed by atoms with Crippen LogP contribution in [0, 0.1) is 6.92 Å². The first kappa shape index (κ1) is 21.5. The van der Waals surface area contributed by atoms with Crippen LogP contribution in [0.2, 0.25) is 5.02 Å². The van der Waals surface area contributed by atoms with Crippen LogP contribution in [-0.2, 0) is 9.53 Å². The van der Waals surface area contributed by atoms with Crippen molar-refractivity contribution in [2.24, 2.45) is 0 Å². The molecule has 0 saturated heterocycles. The molecule has 0 radical (unpaired) electrons. The third-order valence-electron chi connectivity index (χ3n) is 3.88. The third-order valence-corrected chi connectivity index (χ3v) is 4.14. The molecule has 1 N–H and O–H groups in total. The van der Waals surface area contributed by atoms with E-state index in [1.807, 2.05) is 31.2 Å². The number of aliphatic hydroxyl groups is 1. The lowest BCUT2D eigenvalue weighted by Gasteiger charge is -2.07. The summed E-state index contributed by atoms with van der Waals surface area (Å²) in [7, 11) is 1.63. The van der Waals surface area contributed by atoms with Crippen LogP contribution in [0.1, 0.15) is 23.0 Å². The Morgan fingerprint density at radius 3 is 2.32 bits per heavy atom. The lowest BCUT2D eigenvalue weighted by Crippen LogP contribution is -2.13. The van der Waals surface area contributed by atoms with Crippen molar-refractivity contribution in [2.75, 3.05) is 20.3 Å². The Hall–Kier alpha value is -2.83. The molecule has 0 bridgehead atoms. The van der Waals surface area contributed by atoms with Crippen LogP contribution in [0.3, 0.4) is 0 Å². The molecule has 28 heavy (non-hydrogen) atoms. The molecule has 7 heteroatoms. The van der Waals surface area contributed by atoms with Gasteiger partial charge in [0, 0.05) is 28.6 Å². The fourth-order valence-corrected chi connectivity index (χ4v) is 2.76. The number of hydrogen-bond acceptors (Lipinski definition) is 5. The molecular formula is C21H22ClNO5. The summed E-state index contributed by atoms with van der Waals surface area (Å²) in [6.07, 6.45) is 0. The number of hydrogen-bond donors (Lipinski definition) is 1. The second kappa shape index (κ2) is 9.92. The van der Waals surface area contributed by atoms with Crippen molar-refractivity contribution in [3.05, 3.63) is 64.8 Å². The topological polar surface area (TPSA) is 77.8 Å². The van der Waals surface area contributed by atoms with Crippen molar-refractivity contribution in [2.45, 2.75) is 13.8 Å². The van der Waals surface area contributed by atoms with Gasteiger partial charge in [-0.25, -0.2) is 0 Å². The van der Waals surface area contributed by atoms with E-state index >= 15 is 0 Å². The molecule has 2 aromatic carbocycles. The van der Waals surface area contributed by atoms with Crippen LogP contribution in [0.4, 0.5) is 0 Å². The first-order valence-corrected chi connectivity index (χ1v) is 8.95. The number of aryl methyl sites for hydroxylation is 1. The number of carbonyl (C=O) groups excluding carboxylic acids is 2. The van der Waals surface area contributed by atoms with Crippen LogP contribution in [-0.4, -0.2) is 41.9 Å². The number of methoxy groups -OCH3 is 1. The van der Waals surface area contributed by atoms with Crippen molar-refractivity contribution in [1.29, 1.82) is 0 Å². The number of aliphatic hydroxyl groups excluding tert-OH is 1. The van der Waals surface area contributed by atoms with E-state index in [-0.39, 0.29) is 25.1 Å². The molecular weight excluding hydrogens is 382 g/mol. The summed E-state index contributed by atoms with van der Waals surface area (Å²) >= 11 is 5.87. The number of benzene rings is 2. The fraction of sp³-hybridized carbons (Fsp3) is 0.238. The second-order valence-electron chi connectivity index (χ2n) is 5.92. The lowest BCUT2D eigenvalue weighted by atomic mass is 10.2. The molecule has 0 aliphatic carbocycles. The highest BCUT2D eigenvalue weighted by molar-refractivity contribution is 6.30. The summed E-state index contributed by atoms with van der Waals surface area (Å²) < 4.78 is 11.2. The summed E-state index contributed by atoms with van der Waals surface area (Å²) in [5.74, 6) is 0.358. The molecule has 6 nitrogen and oxygen atoms in total. The van der Waals surface area contributed by atoms with Crippen LogP contribution in [0.15, 0.2) is 48.5 Å². The van der Waals surface area contributed by atoms with E-state index in [1.54, 1.807) is 35.9 Å². The maximum Gasteiger partial charge on any atom is 0.302 e. The SMILES string of the molecule is CC(=O)OCCO.COc1ccc2c(c1)cc(C)n2C(=O)c1ccc(Cl)cc1. The van der Waals surface area contributed by atoms with Gasteiger partial charge in [0.05, 0.1) is 19.2 Å². The molecule has 0 unspecified atom stereocenters. The molecule has 0 aliphatic heterocycles. The van der Waals surface area contributed by atoms with Gasteiger partial charge in [-0.2, -0.15) is 0 Å². The normalized spacial score (nSPS) is 10.2. The zero-order valence-electron chi connectivity index (χ0n) is 15.9. The summed E-state index contributed by atoms with van der Waals surface area (Å²) in [6, 6.07) is 14.6. The van der Waals surface area contributed by atoms with Gasteiger partial charge in [-0.1, -0.05) is 11.6 Å². The Morgan fingerprint density at radius 2 is 1.79 bits per heavy atom. The van der Waals surface area contributed by atoms with E-state index in [2.05, 4.69) is 4.74 Å². The van der Waals surface area contributed by atoms with Crippen LogP contribution in [0.25, 0.3) is 10.9 Å². The predicted molar refractivity (Wildman–Crippen MR) is 108 cm³/mol. The van der Waals surface area contributed by atoms with Gasteiger partial charge in [-0.3, -0.25) is 14.2 Å². The molecule has 3 rings (SSSR count). The molecule has 3 aromatic rings. The standard InChI is InChI=1S/C17H14ClNO2.C4H8O3/c1-11-9-13-10-15(21-2)7-8-16(13)19(11)17(20)12-3-5-14(18)6-4-12;1-4(6)7-3-2-5/h3-10H,1-2H3;5H,2-3H2,1H3. The number of halogens is 1. The van der Waals surface area contributed by atoms with Gasteiger partial charge in [0.25, 0.3) is 5.91 Å². The Balaban J connectivity index is 0.000000345. The van der Waals surface area contributed by atoms with E-state index in [4.69, 9.17) is 21.4 Å². The molecule has 0 atom stereocenters. The second-order valence-corrected chi connectivity index (χ2v) is 6.36. The monoisotopic (exact) mass is 403 g/mol. The van der Waals surface area contributed by atoms with Gasteiger partial charge in [0.1, 0.15) is 12.4 Å². The molecule has 1 heterocycles. The fourth-order valence-electron chi connectivity index (χ4n) is 2.64. The highest BCUT2D eigenvalue weighted by Gasteiger charge is 2.15. The van der Waals surface area contributed by atoms with Crippen LogP contribution >= 0.6 is 11.6 Å². The molecule has 0 amide bonds. The van der Waals surface area contributed by atoms with Crippen molar-refractivity contribution in [3.8, 4) is 5.75 Å². The smallest absolute Gasteiger partial charge is 0.302 e. The molecule has 0 fully saturated rings. The van der Waals surface area contributed by atoms with Gasteiger partial charge in [0.15, 0.2) is 0 Å². The van der Waals surface area contributed by atoms with E-state index in [0.29, 0.717) is 10.6 Å². The number of rotatable bonds is 4. The zero-order chi connectivity index (χ0) is 20.7. The Kier molecular flexibility index (Phi) is 7.61. The largest absolute Gasteiger partial charge is 0.497 e. The molecule has 148 valence electrons. The van der Waals surface area contributed by atoms with Gasteiger partial charge >= 0.3 is 5.97 Å². The lowest BCUT2D eigenvalue weighted by molar-refractivity contribution is -0.141. The number of nitrogens with zero attached hydrogens (tertiary/aromatic N) is 1. The maximum absolute atomic E-state index is 12.7. The number of carbonyl (C=O) groups is 2. The highest BCUT2D eigenvalue weighted by atomic mass is 35.5. The minimum absolute atomic E-state index is 0.0654. The Bertz CT molecular complexity index is 963. The Labute approximate surface area is 168 Å². The van der Waals surface area contributed by atoms with Crippen molar-refractivity contribution < 1.29 is 24.2 Å². The van der Waals surface area contributed by atoms with Gasteiger partial charge < -0.3 is 14.6 Å². The molecule has 1 aromatic heterocycles. The zero-order valence-corrected chi connectivity index (χ0v) is 16.7. The van der Waals surface area contributed by atoms with Crippen LogP contribution in [0.5, 0.6) is 5.75 Å². The summed E-state index contributed by atoms with van der Waals surface area (Å²) in [4.78, 5) is 22.6. The van der Waals surface area contributed by atoms with E-state index < -0.39 is 0 Å². The minimum atomic E-state index is -0.353. The summed E-state index contributed by atoms with van der Waals surface area (Å²) in [5.41, 5.74) is 2.36. The van der Waals surface area contributed by atoms with E-state index in [1.165, 1.54) is 6.92 Å². The number of aromatic nitrogens is 1. The van der Waals surface area contributed by atoms with E-state index in [0.717, 1.165) is 22.3 Å². The highest BCUT2D eigenvalue weighted by Crippen LogP contribution is 2.25. The van der Waals surface area contributed by atoms with Gasteiger partial charge in [-0.15, -0.1) is 0 Å². The average molecular weight is 404 g/mol. The first-order valence-electron chi connectivity index (χ1n) is 8.58. The third kappa shape index (κ3) is 5.34. The first-order chi connectivity index (χ1) is 13.4. The Morgan fingerprint density at radius 1 is 1.11 bits per heavy atom. The van der Waals surface area contributed by atoms with Crippen LogP contribution < -0.4 is 4.74 Å². The quantitative estimate of drug-likeness (QED) is 0.669. The number of esters is 1. The minimum Gasteiger partial charge on any atom is -0.497 e. The predicted octanol–water partition coefficient (Wildman–Crippen LogP) is 3.84. The number of ether oxygens (including phenoxy) is 2. The van der Waals surface area contributed by atoms with Crippen molar-refractivity contribution in [3.63, 3.8) is 0 Å². The molecule has 0 spiro atoms. The van der Waals surface area contributed by atoms with E-state index in [9.17, 15) is 9.59 Å². The molecule has 0 saturated carbocycles. The average Bonchev–Trinajstić information content (AvgIpc) is 3.01. The van der Waals surface area contributed by atoms with Gasteiger partial charge in [-0.05, 0) is 55.5 Å². The maximum atomic E-state index is 12.7. The van der Waals surface area contributed by atoms with Crippen molar-refractivity contribution >= 4 is 34.4 Å². The summed E-state index contributed by atoms with van der Waals surface area (Å²) in [6.45, 7) is 3.23. The van der Waals surface area contributed by atoms with Crippen molar-refractivity contribution in [1.82, 2.24) is 4.57 Å². The van der Waals surface area contributed by atoms with Gasteiger partial charge in [0.2, 0.25) is 0 Å². The summed E-state index contributed by atoms with van der Waals surface area (Å²) in [5, 5.41) is 9.63.